The van der Waals surface area contributed by atoms with Gasteiger partial charge in [-0.15, -0.1) is 0 Å². The zero-order valence-electron chi connectivity index (χ0n) is 12.5. The number of nitrogens with one attached hydrogen (secondary N) is 2. The number of fused-ring (bicyclic) bond motifs is 1. The molecular formula is C16H19N5O. The normalized spacial score (nSPS) is 19.0. The molecule has 3 aromatic rings. The molecule has 1 fully saturated rings. The molecule has 1 aliphatic rings. The monoisotopic (exact) mass is 297 g/mol. The summed E-state index contributed by atoms with van der Waals surface area (Å²) >= 11 is 0. The van der Waals surface area contributed by atoms with Gasteiger partial charge in [-0.25, -0.2) is 9.97 Å². The highest BCUT2D eigenvalue weighted by Gasteiger charge is 2.26. The number of H-pyrrole nitrogens is 2. The van der Waals surface area contributed by atoms with Crippen molar-refractivity contribution in [1.82, 2.24) is 24.8 Å². The van der Waals surface area contributed by atoms with Crippen LogP contribution < -0.4 is 4.74 Å². The van der Waals surface area contributed by atoms with Crippen molar-refractivity contribution in [2.45, 2.75) is 18.9 Å². The van der Waals surface area contributed by atoms with E-state index in [4.69, 9.17) is 9.72 Å². The van der Waals surface area contributed by atoms with Crippen molar-refractivity contribution >= 4 is 11.0 Å². The summed E-state index contributed by atoms with van der Waals surface area (Å²) in [5.74, 6) is 3.40. The number of benzene rings is 1. The average Bonchev–Trinajstić information content (AvgIpc) is 3.26. The van der Waals surface area contributed by atoms with Crippen molar-refractivity contribution in [3.05, 3.63) is 42.2 Å². The van der Waals surface area contributed by atoms with Crippen LogP contribution in [-0.4, -0.2) is 45.0 Å². The predicted molar refractivity (Wildman–Crippen MR) is 83.9 cm³/mol. The molecule has 2 aromatic heterocycles. The minimum Gasteiger partial charge on any atom is -0.497 e. The Morgan fingerprint density at radius 2 is 2.36 bits per heavy atom. The Balaban J connectivity index is 1.50. The lowest BCUT2D eigenvalue weighted by molar-refractivity contribution is 0.318. The highest BCUT2D eigenvalue weighted by molar-refractivity contribution is 5.76. The fraction of sp³-hybridized carbons (Fsp3) is 0.375. The summed E-state index contributed by atoms with van der Waals surface area (Å²) in [5, 5.41) is 0. The maximum atomic E-state index is 5.27. The largest absolute Gasteiger partial charge is 0.497 e. The molecule has 0 bridgehead atoms. The summed E-state index contributed by atoms with van der Waals surface area (Å²) < 4.78 is 5.27. The van der Waals surface area contributed by atoms with E-state index in [1.165, 1.54) is 0 Å². The number of hydrogen-bond donors (Lipinski definition) is 2. The van der Waals surface area contributed by atoms with Gasteiger partial charge in [0.05, 0.1) is 24.7 Å². The van der Waals surface area contributed by atoms with Crippen LogP contribution >= 0.6 is 0 Å². The lowest BCUT2D eigenvalue weighted by Crippen LogP contribution is -2.20. The minimum absolute atomic E-state index is 0.452. The summed E-state index contributed by atoms with van der Waals surface area (Å²) in [6.07, 6.45) is 4.79. The quantitative estimate of drug-likeness (QED) is 0.775. The van der Waals surface area contributed by atoms with Crippen LogP contribution in [0.5, 0.6) is 5.75 Å². The van der Waals surface area contributed by atoms with Crippen molar-refractivity contribution in [1.29, 1.82) is 0 Å². The Kier molecular flexibility index (Phi) is 3.31. The molecule has 6 heteroatoms. The fourth-order valence-electron chi connectivity index (χ4n) is 3.12. The SMILES string of the molecule is COc1ccc2nc([C@H]3CCN(Cc4ncc[nH]4)C3)[nH]c2c1. The highest BCUT2D eigenvalue weighted by Crippen LogP contribution is 2.28. The summed E-state index contributed by atoms with van der Waals surface area (Å²) in [4.78, 5) is 18.1. The molecule has 0 aliphatic carbocycles. The summed E-state index contributed by atoms with van der Waals surface area (Å²) in [6.45, 7) is 2.96. The summed E-state index contributed by atoms with van der Waals surface area (Å²) in [6, 6.07) is 5.95. The number of imidazole rings is 2. The van der Waals surface area contributed by atoms with Crippen molar-refractivity contribution < 1.29 is 4.74 Å². The molecule has 0 unspecified atom stereocenters. The van der Waals surface area contributed by atoms with Crippen molar-refractivity contribution in [3.8, 4) is 5.75 Å². The van der Waals surface area contributed by atoms with Crippen LogP contribution in [-0.2, 0) is 6.54 Å². The Labute approximate surface area is 128 Å². The number of rotatable bonds is 4. The van der Waals surface area contributed by atoms with Crippen LogP contribution in [0, 0.1) is 0 Å². The van der Waals surface area contributed by atoms with E-state index in [0.717, 1.165) is 54.5 Å². The molecule has 0 spiro atoms. The average molecular weight is 297 g/mol. The Hall–Kier alpha value is -2.34. The third-order valence-corrected chi connectivity index (χ3v) is 4.29. The standard InChI is InChI=1S/C16H19N5O/c1-22-12-2-3-13-14(8-12)20-16(19-13)11-4-7-21(9-11)10-15-17-5-6-18-15/h2-3,5-6,8,11H,4,7,9-10H2,1H3,(H,17,18)(H,19,20)/t11-/m0/s1. The van der Waals surface area contributed by atoms with E-state index < -0.39 is 0 Å². The smallest absolute Gasteiger partial charge is 0.121 e. The van der Waals surface area contributed by atoms with Crippen molar-refractivity contribution in [3.63, 3.8) is 0 Å². The molecule has 1 atom stereocenters. The van der Waals surface area contributed by atoms with Crippen LogP contribution in [0.4, 0.5) is 0 Å². The van der Waals surface area contributed by atoms with Gasteiger partial charge in [-0.1, -0.05) is 0 Å². The zero-order valence-corrected chi connectivity index (χ0v) is 12.5. The summed E-state index contributed by atoms with van der Waals surface area (Å²) in [5.41, 5.74) is 2.04. The van der Waals surface area contributed by atoms with Gasteiger partial charge in [-0.2, -0.15) is 0 Å². The first-order valence-corrected chi connectivity index (χ1v) is 7.56. The molecule has 0 saturated carbocycles. The van der Waals surface area contributed by atoms with Crippen molar-refractivity contribution in [2.24, 2.45) is 0 Å². The van der Waals surface area contributed by atoms with E-state index >= 15 is 0 Å². The first-order valence-electron chi connectivity index (χ1n) is 7.56. The van der Waals surface area contributed by atoms with E-state index in [1.54, 1.807) is 13.3 Å². The number of aromatic nitrogens is 4. The Bertz CT molecular complexity index is 764. The van der Waals surface area contributed by atoms with Crippen LogP contribution in [0.3, 0.4) is 0 Å². The molecule has 4 rings (SSSR count). The Morgan fingerprint density at radius 1 is 1.41 bits per heavy atom. The molecule has 1 aliphatic heterocycles. The van der Waals surface area contributed by atoms with Crippen LogP contribution in [0.25, 0.3) is 11.0 Å². The minimum atomic E-state index is 0.452. The van der Waals surface area contributed by atoms with E-state index in [9.17, 15) is 0 Å². The number of methoxy groups -OCH3 is 1. The maximum Gasteiger partial charge on any atom is 0.121 e. The second-order valence-corrected chi connectivity index (χ2v) is 5.76. The van der Waals surface area contributed by atoms with Gasteiger partial charge in [-0.3, -0.25) is 4.90 Å². The van der Waals surface area contributed by atoms with Gasteiger partial charge < -0.3 is 14.7 Å². The van der Waals surface area contributed by atoms with E-state index in [2.05, 4.69) is 19.9 Å². The topological polar surface area (TPSA) is 69.8 Å². The molecule has 1 aromatic carbocycles. The molecule has 22 heavy (non-hydrogen) atoms. The number of ether oxygens (including phenoxy) is 1. The van der Waals surface area contributed by atoms with Gasteiger partial charge >= 0.3 is 0 Å². The number of likely N-dealkylation sites (tertiary alicyclic amines) is 1. The van der Waals surface area contributed by atoms with E-state index in [1.807, 2.05) is 24.4 Å². The first-order chi connectivity index (χ1) is 10.8. The second kappa shape index (κ2) is 5.46. The molecule has 1 saturated heterocycles. The zero-order chi connectivity index (χ0) is 14.9. The van der Waals surface area contributed by atoms with E-state index in [-0.39, 0.29) is 0 Å². The van der Waals surface area contributed by atoms with Gasteiger partial charge in [0.2, 0.25) is 0 Å². The van der Waals surface area contributed by atoms with Crippen LogP contribution in [0.15, 0.2) is 30.6 Å². The molecular weight excluding hydrogens is 278 g/mol. The van der Waals surface area contributed by atoms with Crippen LogP contribution in [0.2, 0.25) is 0 Å². The predicted octanol–water partition coefficient (Wildman–Crippen LogP) is 2.28. The van der Waals surface area contributed by atoms with Gasteiger partial charge in [0.15, 0.2) is 0 Å². The summed E-state index contributed by atoms with van der Waals surface area (Å²) in [7, 11) is 1.68. The molecule has 114 valence electrons. The van der Waals surface area contributed by atoms with Gasteiger partial charge in [0, 0.05) is 30.9 Å². The molecule has 2 N–H and O–H groups in total. The Morgan fingerprint density at radius 3 is 3.18 bits per heavy atom. The third-order valence-electron chi connectivity index (χ3n) is 4.29. The number of hydrogen-bond acceptors (Lipinski definition) is 4. The number of aromatic amines is 2. The third kappa shape index (κ3) is 2.46. The molecule has 6 nitrogen and oxygen atoms in total. The highest BCUT2D eigenvalue weighted by atomic mass is 16.5. The second-order valence-electron chi connectivity index (χ2n) is 5.76. The number of nitrogens with zero attached hydrogens (tertiary/aromatic N) is 3. The van der Waals surface area contributed by atoms with Crippen molar-refractivity contribution in [2.75, 3.05) is 20.2 Å². The maximum absolute atomic E-state index is 5.27. The van der Waals surface area contributed by atoms with E-state index in [0.29, 0.717) is 5.92 Å². The fourth-order valence-corrected chi connectivity index (χ4v) is 3.12. The van der Waals surface area contributed by atoms with Crippen LogP contribution in [0.1, 0.15) is 24.0 Å². The lowest BCUT2D eigenvalue weighted by Gasteiger charge is -2.13. The van der Waals surface area contributed by atoms with Gasteiger partial charge in [0.25, 0.3) is 0 Å². The molecule has 0 amide bonds. The lowest BCUT2D eigenvalue weighted by atomic mass is 10.1. The first kappa shape index (κ1) is 13.3. The van der Waals surface area contributed by atoms with Gasteiger partial charge in [0.1, 0.15) is 17.4 Å². The molecule has 0 radical (unpaired) electrons. The van der Waals surface area contributed by atoms with Gasteiger partial charge in [-0.05, 0) is 25.1 Å². The molecule has 3 heterocycles.